The number of hydrogen-bond acceptors (Lipinski definition) is 7. The van der Waals surface area contributed by atoms with Gasteiger partial charge in [0.05, 0.1) is 30.0 Å². The fourth-order valence-corrected chi connectivity index (χ4v) is 8.49. The third-order valence-electron chi connectivity index (χ3n) is 8.70. The number of fused-ring (bicyclic) bond motifs is 5. The van der Waals surface area contributed by atoms with Crippen LogP contribution in [0.5, 0.6) is 0 Å². The topological polar surface area (TPSA) is 96.0 Å². The highest BCUT2D eigenvalue weighted by Gasteiger charge is 2.68. The first kappa shape index (κ1) is 26.3. The van der Waals surface area contributed by atoms with E-state index in [0.29, 0.717) is 18.4 Å². The van der Waals surface area contributed by atoms with E-state index in [9.17, 15) is 18.0 Å². The predicted octanol–water partition coefficient (Wildman–Crippen LogP) is 3.70. The highest BCUT2D eigenvalue weighted by atomic mass is 32.2. The highest BCUT2D eigenvalue weighted by molar-refractivity contribution is 7.91. The largest absolute Gasteiger partial charge is 0.468 e. The van der Waals surface area contributed by atoms with Gasteiger partial charge in [-0.3, -0.25) is 9.59 Å². The molecule has 0 unspecified atom stereocenters. The van der Waals surface area contributed by atoms with E-state index in [1.807, 2.05) is 0 Å². The van der Waals surface area contributed by atoms with Crippen LogP contribution in [0.1, 0.15) is 46.0 Å². The standard InChI is InChI=1S/C27H38O7S/c1-17(2)20-12-11-18(16-32-3)23-21-15-22(28)27(26(29)33-4,25(34-21)24(20)23)13-8-14-35(30,31)19-9-6-5-7-10-19/h5-7,9-10,17-18,20-21,23-25H,8,11-16H2,1-4H3/t18-,20-,21-,23-,24-,25-,27-/m1/s1. The summed E-state index contributed by atoms with van der Waals surface area (Å²) in [6.07, 6.45) is 1.61. The smallest absolute Gasteiger partial charge is 0.322 e. The Morgan fingerprint density at radius 2 is 1.86 bits per heavy atom. The molecule has 0 radical (unpaired) electrons. The van der Waals surface area contributed by atoms with Gasteiger partial charge in [0.25, 0.3) is 0 Å². The van der Waals surface area contributed by atoms with Crippen molar-refractivity contribution in [3.05, 3.63) is 30.3 Å². The summed E-state index contributed by atoms with van der Waals surface area (Å²) < 4.78 is 43.1. The average molecular weight is 507 g/mol. The average Bonchev–Trinajstić information content (AvgIpc) is 3.17. The van der Waals surface area contributed by atoms with Gasteiger partial charge in [0, 0.05) is 20.1 Å². The Balaban J connectivity index is 1.66. The fraction of sp³-hybridized carbons (Fsp3) is 0.704. The lowest BCUT2D eigenvalue weighted by molar-refractivity contribution is -0.181. The van der Waals surface area contributed by atoms with Crippen LogP contribution < -0.4 is 0 Å². The molecule has 0 amide bonds. The number of carbonyl (C=O) groups excluding carboxylic acids is 2. The molecule has 4 rings (SSSR count). The van der Waals surface area contributed by atoms with Gasteiger partial charge in [0.15, 0.2) is 21.0 Å². The van der Waals surface area contributed by atoms with E-state index in [-0.39, 0.29) is 59.6 Å². The second-order valence-electron chi connectivity index (χ2n) is 10.8. The van der Waals surface area contributed by atoms with Crippen LogP contribution in [0.15, 0.2) is 35.2 Å². The van der Waals surface area contributed by atoms with Crippen LogP contribution in [0.2, 0.25) is 0 Å². The molecule has 0 aromatic heterocycles. The zero-order valence-corrected chi connectivity index (χ0v) is 22.0. The number of methoxy groups -OCH3 is 2. The van der Waals surface area contributed by atoms with Gasteiger partial charge in [-0.05, 0) is 67.4 Å². The molecule has 3 aliphatic rings. The van der Waals surface area contributed by atoms with Gasteiger partial charge in [-0.1, -0.05) is 32.0 Å². The molecular weight excluding hydrogens is 468 g/mol. The monoisotopic (exact) mass is 506 g/mol. The van der Waals surface area contributed by atoms with Crippen molar-refractivity contribution in [2.24, 2.45) is 35.0 Å². The van der Waals surface area contributed by atoms with Gasteiger partial charge < -0.3 is 14.2 Å². The zero-order chi connectivity index (χ0) is 25.4. The van der Waals surface area contributed by atoms with Crippen molar-refractivity contribution in [1.29, 1.82) is 0 Å². The SMILES string of the molecule is COC[C@H]1CC[C@H](C(C)C)[C@@H]2[C@H]1[C@H]1CC(=O)[C@@](CCCS(=O)(=O)c3ccccc3)(C(=O)OC)[C@@H]2O1. The summed E-state index contributed by atoms with van der Waals surface area (Å²) in [6, 6.07) is 8.27. The molecule has 8 heteroatoms. The molecule has 2 heterocycles. The van der Waals surface area contributed by atoms with Gasteiger partial charge in [0.2, 0.25) is 0 Å². The fourth-order valence-electron chi connectivity index (χ4n) is 7.16. The molecule has 2 bridgehead atoms. The van der Waals surface area contributed by atoms with Gasteiger partial charge >= 0.3 is 5.97 Å². The lowest BCUT2D eigenvalue weighted by Gasteiger charge is -2.45. The van der Waals surface area contributed by atoms with Crippen molar-refractivity contribution in [2.45, 2.75) is 63.1 Å². The minimum absolute atomic E-state index is 0.0326. The summed E-state index contributed by atoms with van der Waals surface area (Å²) >= 11 is 0. The molecule has 1 aliphatic carbocycles. The molecule has 1 aromatic carbocycles. The van der Waals surface area contributed by atoms with Gasteiger partial charge in [0.1, 0.15) is 0 Å². The summed E-state index contributed by atoms with van der Waals surface area (Å²) in [4.78, 5) is 27.3. The van der Waals surface area contributed by atoms with E-state index in [1.54, 1.807) is 37.4 Å². The first-order chi connectivity index (χ1) is 16.7. The zero-order valence-electron chi connectivity index (χ0n) is 21.1. The maximum absolute atomic E-state index is 13.7. The van der Waals surface area contributed by atoms with Gasteiger partial charge in [-0.15, -0.1) is 0 Å². The summed E-state index contributed by atoms with van der Waals surface area (Å²) in [5, 5.41) is 0. The summed E-state index contributed by atoms with van der Waals surface area (Å²) in [5.74, 6) is 0.219. The minimum Gasteiger partial charge on any atom is -0.468 e. The number of rotatable bonds is 9. The first-order valence-corrected chi connectivity index (χ1v) is 14.4. The second-order valence-corrected chi connectivity index (χ2v) is 12.9. The molecular formula is C27H38O7S. The normalized spacial score (nSPS) is 34.6. The number of esters is 1. The molecule has 2 aliphatic heterocycles. The van der Waals surface area contributed by atoms with Crippen molar-refractivity contribution in [3.8, 4) is 0 Å². The summed E-state index contributed by atoms with van der Waals surface area (Å²) in [6.45, 7) is 4.98. The van der Waals surface area contributed by atoms with E-state index in [1.165, 1.54) is 7.11 Å². The van der Waals surface area contributed by atoms with E-state index in [0.717, 1.165) is 12.8 Å². The molecule has 2 saturated heterocycles. The van der Waals surface area contributed by atoms with E-state index >= 15 is 0 Å². The number of hydrogen-bond donors (Lipinski definition) is 0. The lowest BCUT2D eigenvalue weighted by Crippen LogP contribution is -2.56. The molecule has 0 spiro atoms. The lowest BCUT2D eigenvalue weighted by atomic mass is 9.59. The van der Waals surface area contributed by atoms with Gasteiger partial charge in [-0.25, -0.2) is 8.42 Å². The number of benzene rings is 1. The Hall–Kier alpha value is -1.77. The Labute approximate surface area is 208 Å². The molecule has 194 valence electrons. The number of sulfone groups is 1. The molecule has 1 saturated carbocycles. The van der Waals surface area contributed by atoms with Crippen molar-refractivity contribution in [1.82, 2.24) is 0 Å². The maximum atomic E-state index is 13.7. The number of carbonyl (C=O) groups is 2. The molecule has 1 aromatic rings. The van der Waals surface area contributed by atoms with Crippen molar-refractivity contribution in [2.75, 3.05) is 26.6 Å². The predicted molar refractivity (Wildman–Crippen MR) is 130 cm³/mol. The maximum Gasteiger partial charge on any atom is 0.322 e. The Kier molecular flexibility index (Phi) is 7.74. The van der Waals surface area contributed by atoms with Crippen molar-refractivity contribution >= 4 is 21.6 Å². The van der Waals surface area contributed by atoms with Crippen LogP contribution in [0.4, 0.5) is 0 Å². The third kappa shape index (κ3) is 4.58. The van der Waals surface area contributed by atoms with Crippen LogP contribution in [0.25, 0.3) is 0 Å². The van der Waals surface area contributed by atoms with E-state index in [2.05, 4.69) is 13.8 Å². The van der Waals surface area contributed by atoms with Crippen molar-refractivity contribution in [3.63, 3.8) is 0 Å². The van der Waals surface area contributed by atoms with Crippen LogP contribution in [0.3, 0.4) is 0 Å². The quantitative estimate of drug-likeness (QED) is 0.372. The van der Waals surface area contributed by atoms with E-state index in [4.69, 9.17) is 14.2 Å². The Morgan fingerprint density at radius 3 is 2.49 bits per heavy atom. The van der Waals surface area contributed by atoms with Crippen molar-refractivity contribution < 1.29 is 32.2 Å². The summed E-state index contributed by atoms with van der Waals surface area (Å²) in [7, 11) is -0.542. The van der Waals surface area contributed by atoms with Gasteiger partial charge in [-0.2, -0.15) is 0 Å². The van der Waals surface area contributed by atoms with Crippen LogP contribution in [-0.2, 0) is 33.6 Å². The molecule has 0 N–H and O–H groups in total. The molecule has 35 heavy (non-hydrogen) atoms. The molecule has 3 fully saturated rings. The third-order valence-corrected chi connectivity index (χ3v) is 10.5. The molecule has 7 nitrogen and oxygen atoms in total. The highest BCUT2D eigenvalue weighted by Crippen LogP contribution is 2.59. The van der Waals surface area contributed by atoms with E-state index < -0.39 is 27.3 Å². The number of ketones is 1. The summed E-state index contributed by atoms with van der Waals surface area (Å²) in [5.41, 5.74) is -1.47. The second kappa shape index (κ2) is 10.3. The van der Waals surface area contributed by atoms with Crippen LogP contribution in [0, 0.1) is 35.0 Å². The van der Waals surface area contributed by atoms with Crippen LogP contribution in [-0.4, -0.2) is 59.0 Å². The first-order valence-electron chi connectivity index (χ1n) is 12.7. The van der Waals surface area contributed by atoms with Crippen LogP contribution >= 0.6 is 0 Å². The molecule has 7 atom stereocenters. The number of ether oxygens (including phenoxy) is 3. The minimum atomic E-state index is -3.54. The number of Topliss-reactive ketones (excluding diaryl/α,β-unsaturated/α-hetero) is 1. The Bertz CT molecular complexity index is 1020. The Morgan fingerprint density at radius 1 is 1.14 bits per heavy atom.